The second-order valence-corrected chi connectivity index (χ2v) is 3.77. The van der Waals surface area contributed by atoms with Crippen molar-refractivity contribution in [2.24, 2.45) is 0 Å². The van der Waals surface area contributed by atoms with Crippen LogP contribution in [0.4, 0.5) is 5.95 Å². The summed E-state index contributed by atoms with van der Waals surface area (Å²) in [4.78, 5) is 15.7. The number of rotatable bonds is 2. The maximum absolute atomic E-state index is 11.5. The number of aromatic nitrogens is 3. The molecule has 0 aliphatic rings. The number of benzene rings is 1. The Morgan fingerprint density at radius 3 is 2.76 bits per heavy atom. The fourth-order valence-electron chi connectivity index (χ4n) is 1.60. The van der Waals surface area contributed by atoms with Gasteiger partial charge in [-0.25, -0.2) is 0 Å². The number of nitrogens with zero attached hydrogens (tertiary/aromatic N) is 3. The van der Waals surface area contributed by atoms with Crippen LogP contribution in [0.25, 0.3) is 11.4 Å². The Morgan fingerprint density at radius 2 is 2.12 bits per heavy atom. The van der Waals surface area contributed by atoms with Crippen LogP contribution < -0.4 is 5.73 Å². The Balaban J connectivity index is 2.49. The summed E-state index contributed by atoms with van der Waals surface area (Å²) in [5, 5.41) is 4.14. The van der Waals surface area contributed by atoms with E-state index in [0.717, 1.165) is 15.8 Å². The van der Waals surface area contributed by atoms with Crippen molar-refractivity contribution < 1.29 is 4.79 Å². The van der Waals surface area contributed by atoms with Gasteiger partial charge >= 0.3 is 0 Å². The van der Waals surface area contributed by atoms with Crippen molar-refractivity contribution in [3.05, 3.63) is 29.8 Å². The smallest absolute Gasteiger partial charge is 0.249 e. The number of carbonyl (C=O) groups is 1. The predicted octanol–water partition coefficient (Wildman–Crippen LogP) is 1.89. The standard InChI is InChI=1S/C12H14N4O/c1-3-10(17)16-12(13)14-11(15-16)9-7-5-4-6-8(9)2/h4-7H,3H2,1-2H3,(H2,13,14,15). The highest BCUT2D eigenvalue weighted by molar-refractivity contribution is 5.80. The molecule has 0 unspecified atom stereocenters. The van der Waals surface area contributed by atoms with Gasteiger partial charge in [-0.3, -0.25) is 4.79 Å². The third-order valence-electron chi connectivity index (χ3n) is 2.56. The van der Waals surface area contributed by atoms with Crippen molar-refractivity contribution in [3.8, 4) is 11.4 Å². The van der Waals surface area contributed by atoms with Gasteiger partial charge in [-0.2, -0.15) is 9.67 Å². The largest absolute Gasteiger partial charge is 0.368 e. The Hall–Kier alpha value is -2.17. The van der Waals surface area contributed by atoms with E-state index in [4.69, 9.17) is 5.73 Å². The molecule has 1 aromatic carbocycles. The van der Waals surface area contributed by atoms with Gasteiger partial charge in [0.1, 0.15) is 0 Å². The van der Waals surface area contributed by atoms with Gasteiger partial charge in [-0.05, 0) is 12.5 Å². The van der Waals surface area contributed by atoms with Gasteiger partial charge in [-0.15, -0.1) is 5.10 Å². The van der Waals surface area contributed by atoms with E-state index in [2.05, 4.69) is 10.1 Å². The third-order valence-corrected chi connectivity index (χ3v) is 2.56. The van der Waals surface area contributed by atoms with Crippen molar-refractivity contribution in [2.45, 2.75) is 20.3 Å². The first-order chi connectivity index (χ1) is 8.13. The zero-order valence-electron chi connectivity index (χ0n) is 9.84. The fourth-order valence-corrected chi connectivity index (χ4v) is 1.60. The molecule has 5 nitrogen and oxygen atoms in total. The number of nitrogen functional groups attached to an aromatic ring is 1. The maximum Gasteiger partial charge on any atom is 0.249 e. The minimum Gasteiger partial charge on any atom is -0.368 e. The summed E-state index contributed by atoms with van der Waals surface area (Å²) in [7, 11) is 0. The van der Waals surface area contributed by atoms with Crippen LogP contribution in [0.5, 0.6) is 0 Å². The van der Waals surface area contributed by atoms with Gasteiger partial charge in [0.05, 0.1) is 0 Å². The van der Waals surface area contributed by atoms with E-state index in [-0.39, 0.29) is 11.9 Å². The van der Waals surface area contributed by atoms with Crippen LogP contribution in [0, 0.1) is 6.92 Å². The van der Waals surface area contributed by atoms with Gasteiger partial charge in [0.2, 0.25) is 11.9 Å². The molecule has 0 saturated carbocycles. The number of aryl methyl sites for hydroxylation is 1. The molecule has 0 amide bonds. The van der Waals surface area contributed by atoms with Gasteiger partial charge < -0.3 is 5.73 Å². The molecule has 1 aromatic heterocycles. The molecule has 2 aromatic rings. The molecule has 0 bridgehead atoms. The van der Waals surface area contributed by atoms with Gasteiger partial charge in [0, 0.05) is 12.0 Å². The highest BCUT2D eigenvalue weighted by Gasteiger charge is 2.14. The molecule has 1 heterocycles. The minimum absolute atomic E-state index is 0.134. The molecule has 88 valence electrons. The summed E-state index contributed by atoms with van der Waals surface area (Å²) in [5.74, 6) is 0.465. The van der Waals surface area contributed by atoms with E-state index < -0.39 is 0 Å². The predicted molar refractivity (Wildman–Crippen MR) is 65.5 cm³/mol. The molecule has 2 rings (SSSR count). The van der Waals surface area contributed by atoms with Crippen LogP contribution in [0.1, 0.15) is 23.7 Å². The molecule has 0 fully saturated rings. The van der Waals surface area contributed by atoms with E-state index in [1.54, 1.807) is 6.92 Å². The fraction of sp³-hybridized carbons (Fsp3) is 0.250. The molecular weight excluding hydrogens is 216 g/mol. The van der Waals surface area contributed by atoms with Crippen LogP contribution in [0.3, 0.4) is 0 Å². The van der Waals surface area contributed by atoms with E-state index in [1.807, 2.05) is 31.2 Å². The maximum atomic E-state index is 11.5. The summed E-state index contributed by atoms with van der Waals surface area (Å²) in [5.41, 5.74) is 7.61. The normalized spacial score (nSPS) is 10.5. The molecular formula is C12H14N4O. The van der Waals surface area contributed by atoms with Crippen molar-refractivity contribution >= 4 is 11.9 Å². The highest BCUT2D eigenvalue weighted by atomic mass is 16.2. The Bertz CT molecular complexity index is 559. The van der Waals surface area contributed by atoms with E-state index in [9.17, 15) is 4.79 Å². The number of nitrogens with two attached hydrogens (primary N) is 1. The average Bonchev–Trinajstić information content (AvgIpc) is 2.71. The van der Waals surface area contributed by atoms with Crippen molar-refractivity contribution in [1.82, 2.24) is 14.8 Å². The summed E-state index contributed by atoms with van der Waals surface area (Å²) in [6.07, 6.45) is 0.348. The number of hydrogen-bond acceptors (Lipinski definition) is 4. The van der Waals surface area contributed by atoms with Crippen LogP contribution in [0.2, 0.25) is 0 Å². The molecule has 0 aliphatic carbocycles. The molecule has 2 N–H and O–H groups in total. The van der Waals surface area contributed by atoms with Gasteiger partial charge in [0.25, 0.3) is 0 Å². The first-order valence-corrected chi connectivity index (χ1v) is 5.45. The number of anilines is 1. The summed E-state index contributed by atoms with van der Waals surface area (Å²) >= 11 is 0. The SMILES string of the molecule is CCC(=O)n1nc(-c2ccccc2C)nc1N. The van der Waals surface area contributed by atoms with Crippen LogP contribution in [-0.4, -0.2) is 20.7 Å². The average molecular weight is 230 g/mol. The lowest BCUT2D eigenvalue weighted by Crippen LogP contribution is -2.13. The van der Waals surface area contributed by atoms with Crippen molar-refractivity contribution in [3.63, 3.8) is 0 Å². The Kier molecular flexibility index (Phi) is 2.91. The van der Waals surface area contributed by atoms with Gasteiger partial charge in [-0.1, -0.05) is 31.2 Å². The summed E-state index contributed by atoms with van der Waals surface area (Å²) in [6.45, 7) is 3.73. The number of carbonyl (C=O) groups excluding carboxylic acids is 1. The van der Waals surface area contributed by atoms with Crippen LogP contribution in [-0.2, 0) is 0 Å². The Labute approximate surface area is 99.3 Å². The van der Waals surface area contributed by atoms with E-state index in [1.165, 1.54) is 0 Å². The van der Waals surface area contributed by atoms with Crippen molar-refractivity contribution in [1.29, 1.82) is 0 Å². The van der Waals surface area contributed by atoms with Crippen LogP contribution in [0.15, 0.2) is 24.3 Å². The molecule has 0 aliphatic heterocycles. The van der Waals surface area contributed by atoms with E-state index in [0.29, 0.717) is 12.2 Å². The van der Waals surface area contributed by atoms with E-state index >= 15 is 0 Å². The molecule has 5 heteroatoms. The lowest BCUT2D eigenvalue weighted by molar-refractivity contribution is 0.0896. The molecule has 0 saturated heterocycles. The Morgan fingerprint density at radius 1 is 1.41 bits per heavy atom. The second-order valence-electron chi connectivity index (χ2n) is 3.77. The third kappa shape index (κ3) is 2.04. The zero-order chi connectivity index (χ0) is 12.4. The van der Waals surface area contributed by atoms with Crippen LogP contribution >= 0.6 is 0 Å². The molecule has 0 spiro atoms. The van der Waals surface area contributed by atoms with Crippen molar-refractivity contribution in [2.75, 3.05) is 5.73 Å². The topological polar surface area (TPSA) is 73.8 Å². The first-order valence-electron chi connectivity index (χ1n) is 5.45. The molecule has 0 radical (unpaired) electrons. The number of hydrogen-bond donors (Lipinski definition) is 1. The first kappa shape index (κ1) is 11.3. The lowest BCUT2D eigenvalue weighted by Gasteiger charge is -1.99. The minimum atomic E-state index is -0.158. The quantitative estimate of drug-likeness (QED) is 0.854. The summed E-state index contributed by atoms with van der Waals surface area (Å²) in [6, 6.07) is 7.72. The molecule has 17 heavy (non-hydrogen) atoms. The summed E-state index contributed by atoms with van der Waals surface area (Å²) < 4.78 is 1.15. The zero-order valence-corrected chi connectivity index (χ0v) is 9.84. The van der Waals surface area contributed by atoms with Gasteiger partial charge in [0.15, 0.2) is 5.82 Å². The second kappa shape index (κ2) is 4.37. The molecule has 0 atom stereocenters. The lowest BCUT2D eigenvalue weighted by atomic mass is 10.1. The highest BCUT2D eigenvalue weighted by Crippen LogP contribution is 2.20. The monoisotopic (exact) mass is 230 g/mol.